The highest BCUT2D eigenvalue weighted by atomic mass is 16.3. The van der Waals surface area contributed by atoms with Gasteiger partial charge in [-0.15, -0.1) is 5.10 Å². The molecule has 1 aliphatic carbocycles. The van der Waals surface area contributed by atoms with Crippen LogP contribution in [-0.2, 0) is 13.2 Å². The van der Waals surface area contributed by atoms with Crippen LogP contribution in [0.1, 0.15) is 31.4 Å². The van der Waals surface area contributed by atoms with Gasteiger partial charge in [-0.1, -0.05) is 11.6 Å². The summed E-state index contributed by atoms with van der Waals surface area (Å²) in [7, 11) is 0. The second kappa shape index (κ2) is 4.14. The Bertz CT molecular complexity index is 353. The minimum atomic E-state index is -0.0245. The first-order chi connectivity index (χ1) is 7.85. The van der Waals surface area contributed by atoms with Gasteiger partial charge >= 0.3 is 0 Å². The summed E-state index contributed by atoms with van der Waals surface area (Å²) in [5, 5.41) is 20.5. The molecule has 16 heavy (non-hydrogen) atoms. The first kappa shape index (κ1) is 10.2. The van der Waals surface area contributed by atoms with Gasteiger partial charge in [0.25, 0.3) is 0 Å². The molecule has 1 aromatic rings. The van der Waals surface area contributed by atoms with Gasteiger partial charge in [-0.2, -0.15) is 0 Å². The molecule has 2 N–H and O–H groups in total. The van der Waals surface area contributed by atoms with Crippen molar-refractivity contribution < 1.29 is 5.11 Å². The van der Waals surface area contributed by atoms with Crippen molar-refractivity contribution in [3.05, 3.63) is 11.9 Å². The fourth-order valence-electron chi connectivity index (χ4n) is 3.13. The Hall–Kier alpha value is -0.940. The van der Waals surface area contributed by atoms with Gasteiger partial charge in [-0.05, 0) is 25.2 Å². The summed E-state index contributed by atoms with van der Waals surface area (Å²) in [6.45, 7) is 0.851. The molecule has 0 spiro atoms. The van der Waals surface area contributed by atoms with Crippen molar-refractivity contribution in [1.29, 1.82) is 0 Å². The number of hydrogen-bond acceptors (Lipinski definition) is 4. The van der Waals surface area contributed by atoms with Crippen LogP contribution in [0.5, 0.6) is 0 Å². The number of rotatable bonds is 3. The Morgan fingerprint density at radius 2 is 2.44 bits per heavy atom. The van der Waals surface area contributed by atoms with E-state index in [1.165, 1.54) is 25.7 Å². The molecular formula is C11H18N4O. The van der Waals surface area contributed by atoms with E-state index in [-0.39, 0.29) is 6.61 Å². The standard InChI is InChI=1S/C11H18N4O/c16-7-10-6-15(14-13-10)5-9-4-8-2-1-3-11(8)12-9/h6,8-9,11-12,16H,1-5,7H2/t8-,9-,11-/m0/s1. The molecule has 0 radical (unpaired) electrons. The molecule has 1 saturated heterocycles. The third kappa shape index (κ3) is 1.85. The van der Waals surface area contributed by atoms with E-state index >= 15 is 0 Å². The Morgan fingerprint density at radius 1 is 1.50 bits per heavy atom. The number of aliphatic hydroxyl groups excluding tert-OH is 1. The predicted octanol–water partition coefficient (Wildman–Crippen LogP) is 0.301. The summed E-state index contributed by atoms with van der Waals surface area (Å²) in [5.41, 5.74) is 0.651. The van der Waals surface area contributed by atoms with E-state index in [4.69, 9.17) is 5.11 Å². The van der Waals surface area contributed by atoms with Gasteiger partial charge < -0.3 is 10.4 Å². The van der Waals surface area contributed by atoms with Gasteiger partial charge in [0.15, 0.2) is 0 Å². The lowest BCUT2D eigenvalue weighted by molar-refractivity contribution is 0.276. The van der Waals surface area contributed by atoms with Crippen LogP contribution in [0.2, 0.25) is 0 Å². The van der Waals surface area contributed by atoms with Crippen molar-refractivity contribution in [3.63, 3.8) is 0 Å². The summed E-state index contributed by atoms with van der Waals surface area (Å²) in [6.07, 6.45) is 7.19. The zero-order chi connectivity index (χ0) is 11.0. The fraction of sp³-hybridized carbons (Fsp3) is 0.818. The molecule has 1 aliphatic heterocycles. The van der Waals surface area contributed by atoms with Crippen molar-refractivity contribution >= 4 is 0 Å². The highest BCUT2D eigenvalue weighted by molar-refractivity contribution is 4.95. The number of fused-ring (bicyclic) bond motifs is 1. The van der Waals surface area contributed by atoms with E-state index in [2.05, 4.69) is 15.6 Å². The smallest absolute Gasteiger partial charge is 0.108 e. The van der Waals surface area contributed by atoms with Crippen LogP contribution in [0.4, 0.5) is 0 Å². The number of nitrogens with one attached hydrogen (secondary N) is 1. The van der Waals surface area contributed by atoms with Crippen molar-refractivity contribution in [1.82, 2.24) is 20.3 Å². The summed E-state index contributed by atoms with van der Waals surface area (Å²) in [4.78, 5) is 0. The molecule has 0 unspecified atom stereocenters. The van der Waals surface area contributed by atoms with E-state index in [0.29, 0.717) is 11.7 Å². The van der Waals surface area contributed by atoms with Gasteiger partial charge in [-0.3, -0.25) is 4.68 Å². The van der Waals surface area contributed by atoms with Crippen molar-refractivity contribution in [2.75, 3.05) is 0 Å². The second-order valence-electron chi connectivity index (χ2n) is 4.99. The van der Waals surface area contributed by atoms with E-state index < -0.39 is 0 Å². The maximum atomic E-state index is 8.91. The largest absolute Gasteiger partial charge is 0.390 e. The van der Waals surface area contributed by atoms with E-state index in [9.17, 15) is 0 Å². The molecule has 5 nitrogen and oxygen atoms in total. The molecule has 0 aromatic carbocycles. The Balaban J connectivity index is 1.59. The highest BCUT2D eigenvalue weighted by Crippen LogP contribution is 2.34. The molecule has 88 valence electrons. The molecule has 2 fully saturated rings. The van der Waals surface area contributed by atoms with Crippen LogP contribution >= 0.6 is 0 Å². The summed E-state index contributed by atoms with van der Waals surface area (Å²) < 4.78 is 1.84. The SMILES string of the molecule is OCc1cn(C[C@@H]2C[C@@H]3CCC[C@@H]3N2)nn1. The third-order valence-corrected chi connectivity index (χ3v) is 3.85. The molecule has 5 heteroatoms. The molecule has 2 aliphatic rings. The van der Waals surface area contributed by atoms with Crippen LogP contribution < -0.4 is 5.32 Å². The monoisotopic (exact) mass is 222 g/mol. The molecule has 3 atom stereocenters. The summed E-state index contributed by atoms with van der Waals surface area (Å²) in [5.74, 6) is 0.880. The van der Waals surface area contributed by atoms with Crippen LogP contribution in [0, 0.1) is 5.92 Å². The van der Waals surface area contributed by atoms with Gasteiger partial charge in [0, 0.05) is 12.1 Å². The quantitative estimate of drug-likeness (QED) is 0.772. The third-order valence-electron chi connectivity index (χ3n) is 3.85. The van der Waals surface area contributed by atoms with E-state index in [0.717, 1.165) is 18.5 Å². The molecule has 0 bridgehead atoms. The molecule has 1 saturated carbocycles. The first-order valence-electron chi connectivity index (χ1n) is 6.11. The maximum absolute atomic E-state index is 8.91. The minimum Gasteiger partial charge on any atom is -0.390 e. The number of hydrogen-bond donors (Lipinski definition) is 2. The molecule has 1 aromatic heterocycles. The molecule has 0 amide bonds. The van der Waals surface area contributed by atoms with Crippen molar-refractivity contribution in [2.24, 2.45) is 5.92 Å². The van der Waals surface area contributed by atoms with Gasteiger partial charge in [0.05, 0.1) is 19.3 Å². The Morgan fingerprint density at radius 3 is 3.19 bits per heavy atom. The van der Waals surface area contributed by atoms with Crippen LogP contribution in [0.15, 0.2) is 6.20 Å². The molecule has 3 rings (SSSR count). The van der Waals surface area contributed by atoms with Crippen LogP contribution in [-0.4, -0.2) is 32.2 Å². The highest BCUT2D eigenvalue weighted by Gasteiger charge is 2.36. The number of nitrogens with zero attached hydrogens (tertiary/aromatic N) is 3. The molecular weight excluding hydrogens is 204 g/mol. The summed E-state index contributed by atoms with van der Waals surface area (Å²) >= 11 is 0. The van der Waals surface area contributed by atoms with Gasteiger partial charge in [-0.25, -0.2) is 0 Å². The molecule has 2 heterocycles. The number of aromatic nitrogens is 3. The topological polar surface area (TPSA) is 63.0 Å². The van der Waals surface area contributed by atoms with E-state index in [1.807, 2.05) is 10.9 Å². The van der Waals surface area contributed by atoms with Crippen LogP contribution in [0.25, 0.3) is 0 Å². The fourth-order valence-corrected chi connectivity index (χ4v) is 3.13. The second-order valence-corrected chi connectivity index (χ2v) is 4.99. The Kier molecular flexibility index (Phi) is 2.65. The predicted molar refractivity (Wildman–Crippen MR) is 58.6 cm³/mol. The summed E-state index contributed by atoms with van der Waals surface area (Å²) in [6, 6.07) is 1.27. The van der Waals surface area contributed by atoms with Gasteiger partial charge in [0.1, 0.15) is 5.69 Å². The van der Waals surface area contributed by atoms with Crippen molar-refractivity contribution in [2.45, 2.75) is 50.9 Å². The Labute approximate surface area is 94.8 Å². The zero-order valence-electron chi connectivity index (χ0n) is 9.34. The normalized spacial score (nSPS) is 33.2. The van der Waals surface area contributed by atoms with E-state index in [1.54, 1.807) is 0 Å². The minimum absolute atomic E-state index is 0.0245. The first-order valence-corrected chi connectivity index (χ1v) is 6.11. The van der Waals surface area contributed by atoms with Crippen LogP contribution in [0.3, 0.4) is 0 Å². The lowest BCUT2D eigenvalue weighted by Gasteiger charge is -2.12. The zero-order valence-corrected chi connectivity index (χ0v) is 9.34. The number of aliphatic hydroxyl groups is 1. The lowest BCUT2D eigenvalue weighted by Crippen LogP contribution is -2.32. The average molecular weight is 222 g/mol. The maximum Gasteiger partial charge on any atom is 0.108 e. The average Bonchev–Trinajstić information content (AvgIpc) is 2.92. The lowest BCUT2D eigenvalue weighted by atomic mass is 10.0. The van der Waals surface area contributed by atoms with Crippen molar-refractivity contribution in [3.8, 4) is 0 Å². The van der Waals surface area contributed by atoms with Gasteiger partial charge in [0.2, 0.25) is 0 Å².